The zero-order valence-corrected chi connectivity index (χ0v) is 12.3. The molecule has 0 saturated carbocycles. The molecule has 2 atom stereocenters. The molecule has 1 aliphatic rings. The second-order valence-electron chi connectivity index (χ2n) is 6.16. The number of hydrogen-bond acceptors (Lipinski definition) is 3. The molecular weight excluding hydrogens is 246 g/mol. The highest BCUT2D eigenvalue weighted by atomic mass is 15.1. The fourth-order valence-corrected chi connectivity index (χ4v) is 2.98. The van der Waals surface area contributed by atoms with Crippen LogP contribution in [0.5, 0.6) is 0 Å². The number of para-hydroxylation sites is 1. The molecule has 1 aromatic heterocycles. The third-order valence-corrected chi connectivity index (χ3v) is 3.99. The molecule has 2 heterocycles. The van der Waals surface area contributed by atoms with Crippen molar-refractivity contribution in [3.63, 3.8) is 0 Å². The highest BCUT2D eigenvalue weighted by Gasteiger charge is 2.18. The molecule has 0 spiro atoms. The predicted molar refractivity (Wildman–Crippen MR) is 85.2 cm³/mol. The topological polar surface area (TPSA) is 28.2 Å². The van der Waals surface area contributed by atoms with Crippen molar-refractivity contribution in [2.45, 2.75) is 13.8 Å². The maximum absolute atomic E-state index is 4.60. The molecule has 20 heavy (non-hydrogen) atoms. The number of hydrogen-bond donors (Lipinski definition) is 1. The minimum absolute atomic E-state index is 0.661. The Labute approximate surface area is 121 Å². The van der Waals surface area contributed by atoms with Crippen molar-refractivity contribution in [3.8, 4) is 0 Å². The number of anilines is 1. The van der Waals surface area contributed by atoms with Crippen molar-refractivity contribution in [3.05, 3.63) is 36.5 Å². The van der Waals surface area contributed by atoms with E-state index in [1.165, 1.54) is 11.1 Å². The summed E-state index contributed by atoms with van der Waals surface area (Å²) in [6.45, 7) is 9.01. The minimum atomic E-state index is 0.661. The third kappa shape index (κ3) is 2.93. The van der Waals surface area contributed by atoms with E-state index < -0.39 is 0 Å². The largest absolute Gasteiger partial charge is 0.370 e. The van der Waals surface area contributed by atoms with Crippen molar-refractivity contribution in [1.29, 1.82) is 0 Å². The number of aromatic nitrogens is 1. The first-order valence-electron chi connectivity index (χ1n) is 7.53. The summed E-state index contributed by atoms with van der Waals surface area (Å²) >= 11 is 0. The molecule has 1 saturated heterocycles. The van der Waals surface area contributed by atoms with E-state index in [1.54, 1.807) is 0 Å². The van der Waals surface area contributed by atoms with Crippen LogP contribution in [0.4, 0.5) is 5.69 Å². The lowest BCUT2D eigenvalue weighted by Gasteiger charge is -2.33. The summed E-state index contributed by atoms with van der Waals surface area (Å²) < 4.78 is 0. The lowest BCUT2D eigenvalue weighted by molar-refractivity contribution is 0.410. The van der Waals surface area contributed by atoms with E-state index in [0.717, 1.165) is 31.7 Å². The van der Waals surface area contributed by atoms with Crippen molar-refractivity contribution >= 4 is 16.6 Å². The molecule has 1 fully saturated rings. The molecule has 2 aromatic rings. The summed E-state index contributed by atoms with van der Waals surface area (Å²) in [7, 11) is 0. The van der Waals surface area contributed by atoms with E-state index >= 15 is 0 Å². The molecule has 0 amide bonds. The van der Waals surface area contributed by atoms with Crippen LogP contribution < -0.4 is 10.2 Å². The Morgan fingerprint density at radius 3 is 2.55 bits per heavy atom. The second-order valence-corrected chi connectivity index (χ2v) is 6.16. The third-order valence-electron chi connectivity index (χ3n) is 3.99. The molecule has 1 N–H and O–H groups in total. The van der Waals surface area contributed by atoms with Gasteiger partial charge in [-0.25, -0.2) is 0 Å². The van der Waals surface area contributed by atoms with Gasteiger partial charge in [0.25, 0.3) is 0 Å². The van der Waals surface area contributed by atoms with Gasteiger partial charge in [0.05, 0.1) is 17.4 Å². The van der Waals surface area contributed by atoms with Gasteiger partial charge in [-0.15, -0.1) is 0 Å². The Kier molecular flexibility index (Phi) is 3.88. The summed E-state index contributed by atoms with van der Waals surface area (Å²) in [5, 5.41) is 4.77. The number of nitrogens with one attached hydrogen (secondary N) is 1. The van der Waals surface area contributed by atoms with Crippen LogP contribution in [-0.4, -0.2) is 31.2 Å². The molecule has 1 aliphatic heterocycles. The van der Waals surface area contributed by atoms with Gasteiger partial charge < -0.3 is 10.2 Å². The Balaban J connectivity index is 1.90. The van der Waals surface area contributed by atoms with E-state index in [4.69, 9.17) is 0 Å². The first-order valence-corrected chi connectivity index (χ1v) is 7.53. The second kappa shape index (κ2) is 5.80. The Morgan fingerprint density at radius 1 is 1.10 bits per heavy atom. The molecule has 1 aromatic carbocycles. The van der Waals surface area contributed by atoms with Crippen molar-refractivity contribution in [2.75, 3.05) is 31.1 Å². The summed E-state index contributed by atoms with van der Waals surface area (Å²) in [5.41, 5.74) is 2.33. The molecule has 0 radical (unpaired) electrons. The highest BCUT2D eigenvalue weighted by molar-refractivity contribution is 5.81. The number of nitrogens with zero attached hydrogens (tertiary/aromatic N) is 2. The lowest BCUT2D eigenvalue weighted by atomic mass is 10.0. The summed E-state index contributed by atoms with van der Waals surface area (Å²) in [6, 6.07) is 10.6. The van der Waals surface area contributed by atoms with Gasteiger partial charge in [0.2, 0.25) is 0 Å². The van der Waals surface area contributed by atoms with Crippen LogP contribution in [0.1, 0.15) is 13.8 Å². The average Bonchev–Trinajstić information content (AvgIpc) is 2.44. The molecular formula is C17H23N3. The van der Waals surface area contributed by atoms with Gasteiger partial charge in [-0.3, -0.25) is 4.98 Å². The first-order chi connectivity index (χ1) is 9.72. The van der Waals surface area contributed by atoms with Crippen molar-refractivity contribution < 1.29 is 0 Å². The van der Waals surface area contributed by atoms with E-state index in [0.29, 0.717) is 11.8 Å². The van der Waals surface area contributed by atoms with Crippen molar-refractivity contribution in [2.24, 2.45) is 11.8 Å². The van der Waals surface area contributed by atoms with Crippen LogP contribution in [0.15, 0.2) is 36.5 Å². The number of fused-ring (bicyclic) bond motifs is 1. The van der Waals surface area contributed by atoms with Crippen LogP contribution in [0.3, 0.4) is 0 Å². The lowest BCUT2D eigenvalue weighted by Crippen LogP contribution is -2.42. The Bertz CT molecular complexity index is 569. The summed E-state index contributed by atoms with van der Waals surface area (Å²) in [5.74, 6) is 1.32. The number of pyridine rings is 1. The van der Waals surface area contributed by atoms with Crippen LogP contribution >= 0.6 is 0 Å². The summed E-state index contributed by atoms with van der Waals surface area (Å²) in [6.07, 6.45) is 2.02. The van der Waals surface area contributed by atoms with Crippen LogP contribution in [0, 0.1) is 11.8 Å². The van der Waals surface area contributed by atoms with Gasteiger partial charge in [-0.05, 0) is 37.1 Å². The minimum Gasteiger partial charge on any atom is -0.370 e. The van der Waals surface area contributed by atoms with E-state index in [9.17, 15) is 0 Å². The van der Waals surface area contributed by atoms with E-state index in [-0.39, 0.29) is 0 Å². The monoisotopic (exact) mass is 269 g/mol. The molecule has 3 rings (SSSR count). The number of rotatable bonds is 1. The van der Waals surface area contributed by atoms with Crippen molar-refractivity contribution in [1.82, 2.24) is 10.3 Å². The number of benzene rings is 1. The van der Waals surface area contributed by atoms with Crippen LogP contribution in [0.2, 0.25) is 0 Å². The highest BCUT2D eigenvalue weighted by Crippen LogP contribution is 2.22. The summed E-state index contributed by atoms with van der Waals surface area (Å²) in [4.78, 5) is 7.10. The molecule has 0 aliphatic carbocycles. The zero-order chi connectivity index (χ0) is 13.9. The van der Waals surface area contributed by atoms with E-state index in [2.05, 4.69) is 53.3 Å². The SMILES string of the molecule is CC1CNCC(C)CN(c2cnc3ccccc3c2)C1. The quantitative estimate of drug-likeness (QED) is 0.863. The van der Waals surface area contributed by atoms with Crippen LogP contribution in [-0.2, 0) is 0 Å². The normalized spacial score (nSPS) is 24.4. The van der Waals surface area contributed by atoms with Gasteiger partial charge in [0, 0.05) is 18.5 Å². The fourth-order valence-electron chi connectivity index (χ4n) is 2.98. The molecule has 3 nitrogen and oxygen atoms in total. The van der Waals surface area contributed by atoms with Crippen LogP contribution in [0.25, 0.3) is 10.9 Å². The first kappa shape index (κ1) is 13.4. The Morgan fingerprint density at radius 2 is 1.80 bits per heavy atom. The predicted octanol–water partition coefficient (Wildman–Crippen LogP) is 2.92. The van der Waals surface area contributed by atoms with Gasteiger partial charge in [0.15, 0.2) is 0 Å². The molecule has 106 valence electrons. The average molecular weight is 269 g/mol. The molecule has 3 heteroatoms. The van der Waals surface area contributed by atoms with Gasteiger partial charge >= 0.3 is 0 Å². The van der Waals surface area contributed by atoms with Gasteiger partial charge in [-0.1, -0.05) is 32.0 Å². The maximum atomic E-state index is 4.60. The Hall–Kier alpha value is -1.61. The maximum Gasteiger partial charge on any atom is 0.0703 e. The zero-order valence-electron chi connectivity index (χ0n) is 12.3. The smallest absolute Gasteiger partial charge is 0.0703 e. The van der Waals surface area contributed by atoms with E-state index in [1.807, 2.05) is 12.3 Å². The van der Waals surface area contributed by atoms with Gasteiger partial charge in [0.1, 0.15) is 0 Å². The standard InChI is InChI=1S/C17H23N3/c1-13-8-18-9-14(2)12-20(11-13)16-7-15-5-3-4-6-17(15)19-10-16/h3-7,10,13-14,18H,8-9,11-12H2,1-2H3. The molecule has 2 unspecified atom stereocenters. The van der Waals surface area contributed by atoms with Gasteiger partial charge in [-0.2, -0.15) is 0 Å². The molecule has 0 bridgehead atoms. The fraction of sp³-hybridized carbons (Fsp3) is 0.471.